The SMILES string of the molecule is CC(C)OC(=O)c1ccc2nc(CCl)n(C[C@@H]3CCO3)c2n1. The highest BCUT2D eigenvalue weighted by atomic mass is 35.5. The molecule has 1 aliphatic heterocycles. The van der Waals surface area contributed by atoms with E-state index in [2.05, 4.69) is 9.97 Å². The second kappa shape index (κ2) is 6.22. The largest absolute Gasteiger partial charge is 0.458 e. The zero-order valence-electron chi connectivity index (χ0n) is 12.6. The Labute approximate surface area is 133 Å². The van der Waals surface area contributed by atoms with Gasteiger partial charge in [0.15, 0.2) is 11.3 Å². The van der Waals surface area contributed by atoms with Crippen LogP contribution < -0.4 is 0 Å². The van der Waals surface area contributed by atoms with Gasteiger partial charge >= 0.3 is 5.97 Å². The third-order valence-electron chi connectivity index (χ3n) is 3.52. The maximum Gasteiger partial charge on any atom is 0.357 e. The number of alkyl halides is 1. The summed E-state index contributed by atoms with van der Waals surface area (Å²) in [5, 5.41) is 0. The molecule has 0 N–H and O–H groups in total. The summed E-state index contributed by atoms with van der Waals surface area (Å²) in [6, 6.07) is 3.40. The van der Waals surface area contributed by atoms with Crippen LogP contribution in [0.15, 0.2) is 12.1 Å². The molecule has 1 aliphatic rings. The van der Waals surface area contributed by atoms with Gasteiger partial charge in [-0.05, 0) is 32.4 Å². The van der Waals surface area contributed by atoms with Crippen LogP contribution in [0.4, 0.5) is 0 Å². The summed E-state index contributed by atoms with van der Waals surface area (Å²) in [6.07, 6.45) is 0.986. The number of rotatable bonds is 5. The van der Waals surface area contributed by atoms with E-state index in [1.807, 2.05) is 4.57 Å². The van der Waals surface area contributed by atoms with E-state index in [1.54, 1.807) is 26.0 Å². The zero-order chi connectivity index (χ0) is 15.7. The minimum atomic E-state index is -0.433. The van der Waals surface area contributed by atoms with Crippen molar-refractivity contribution in [3.8, 4) is 0 Å². The number of hydrogen-bond acceptors (Lipinski definition) is 5. The van der Waals surface area contributed by atoms with E-state index in [4.69, 9.17) is 21.1 Å². The van der Waals surface area contributed by atoms with Crippen LogP contribution >= 0.6 is 11.6 Å². The van der Waals surface area contributed by atoms with Crippen molar-refractivity contribution >= 4 is 28.7 Å². The first-order valence-electron chi connectivity index (χ1n) is 7.33. The number of fused-ring (bicyclic) bond motifs is 1. The summed E-state index contributed by atoms with van der Waals surface area (Å²) in [4.78, 5) is 20.9. The van der Waals surface area contributed by atoms with Crippen molar-refractivity contribution in [2.75, 3.05) is 6.61 Å². The Bertz CT molecular complexity index is 695. The van der Waals surface area contributed by atoms with E-state index in [9.17, 15) is 4.79 Å². The summed E-state index contributed by atoms with van der Waals surface area (Å²) >= 11 is 5.98. The van der Waals surface area contributed by atoms with Crippen molar-refractivity contribution in [1.29, 1.82) is 0 Å². The summed E-state index contributed by atoms with van der Waals surface area (Å²) in [5.74, 6) is 0.584. The van der Waals surface area contributed by atoms with Crippen LogP contribution in [0.1, 0.15) is 36.6 Å². The molecule has 7 heteroatoms. The molecular formula is C15H18ClN3O3. The molecule has 118 valence electrons. The molecule has 0 aliphatic carbocycles. The quantitative estimate of drug-likeness (QED) is 0.625. The van der Waals surface area contributed by atoms with Crippen LogP contribution in [0.3, 0.4) is 0 Å². The van der Waals surface area contributed by atoms with Gasteiger partial charge in [-0.25, -0.2) is 14.8 Å². The van der Waals surface area contributed by atoms with Crippen LogP contribution in [-0.2, 0) is 21.9 Å². The molecule has 1 atom stereocenters. The average Bonchev–Trinajstić information content (AvgIpc) is 2.78. The topological polar surface area (TPSA) is 66.2 Å². The Kier molecular flexibility index (Phi) is 4.31. The number of aromatic nitrogens is 3. The van der Waals surface area contributed by atoms with Crippen molar-refractivity contribution < 1.29 is 14.3 Å². The van der Waals surface area contributed by atoms with Crippen molar-refractivity contribution in [3.05, 3.63) is 23.7 Å². The lowest BCUT2D eigenvalue weighted by Gasteiger charge is -2.27. The molecule has 22 heavy (non-hydrogen) atoms. The van der Waals surface area contributed by atoms with Gasteiger partial charge < -0.3 is 14.0 Å². The summed E-state index contributed by atoms with van der Waals surface area (Å²) in [6.45, 7) is 5.04. The number of carbonyl (C=O) groups excluding carboxylic acids is 1. The van der Waals surface area contributed by atoms with Gasteiger partial charge in [0.1, 0.15) is 11.3 Å². The molecule has 2 aromatic heterocycles. The van der Waals surface area contributed by atoms with Crippen LogP contribution in [0.25, 0.3) is 11.2 Å². The molecule has 0 radical (unpaired) electrons. The van der Waals surface area contributed by atoms with E-state index >= 15 is 0 Å². The van der Waals surface area contributed by atoms with Crippen molar-refractivity contribution in [2.24, 2.45) is 0 Å². The number of ether oxygens (including phenoxy) is 2. The molecule has 3 rings (SSSR count). The zero-order valence-corrected chi connectivity index (χ0v) is 13.3. The van der Waals surface area contributed by atoms with E-state index in [0.29, 0.717) is 12.2 Å². The van der Waals surface area contributed by atoms with Crippen molar-refractivity contribution in [1.82, 2.24) is 14.5 Å². The van der Waals surface area contributed by atoms with E-state index < -0.39 is 5.97 Å². The molecule has 1 saturated heterocycles. The summed E-state index contributed by atoms with van der Waals surface area (Å²) < 4.78 is 12.6. The van der Waals surface area contributed by atoms with Crippen molar-refractivity contribution in [2.45, 2.75) is 44.9 Å². The number of imidazole rings is 1. The van der Waals surface area contributed by atoms with Gasteiger partial charge in [0.25, 0.3) is 0 Å². The van der Waals surface area contributed by atoms with Gasteiger partial charge in [-0.2, -0.15) is 0 Å². The molecule has 0 saturated carbocycles. The summed E-state index contributed by atoms with van der Waals surface area (Å²) in [7, 11) is 0. The first kappa shape index (κ1) is 15.2. The maximum absolute atomic E-state index is 12.0. The lowest BCUT2D eigenvalue weighted by molar-refractivity contribution is -0.0590. The fraction of sp³-hybridized carbons (Fsp3) is 0.533. The third kappa shape index (κ3) is 2.94. The monoisotopic (exact) mass is 323 g/mol. The van der Waals surface area contributed by atoms with Gasteiger partial charge in [0.2, 0.25) is 0 Å². The maximum atomic E-state index is 12.0. The molecule has 0 bridgehead atoms. The number of halogens is 1. The molecular weight excluding hydrogens is 306 g/mol. The Morgan fingerprint density at radius 2 is 2.27 bits per heavy atom. The van der Waals surface area contributed by atoms with E-state index in [0.717, 1.165) is 24.4 Å². The first-order chi connectivity index (χ1) is 10.6. The minimum Gasteiger partial charge on any atom is -0.458 e. The van der Waals surface area contributed by atoms with Gasteiger partial charge in [-0.1, -0.05) is 0 Å². The molecule has 0 unspecified atom stereocenters. The molecule has 2 aromatic rings. The Morgan fingerprint density at radius 3 is 2.86 bits per heavy atom. The highest BCUT2D eigenvalue weighted by molar-refractivity contribution is 6.16. The predicted molar refractivity (Wildman–Crippen MR) is 82.0 cm³/mol. The fourth-order valence-electron chi connectivity index (χ4n) is 2.36. The van der Waals surface area contributed by atoms with E-state index in [1.165, 1.54) is 0 Å². The summed E-state index contributed by atoms with van der Waals surface area (Å²) in [5.41, 5.74) is 1.64. The number of pyridine rings is 1. The van der Waals surface area contributed by atoms with Gasteiger partial charge in [-0.3, -0.25) is 0 Å². The smallest absolute Gasteiger partial charge is 0.357 e. The number of carbonyl (C=O) groups is 1. The van der Waals surface area contributed by atoms with Crippen molar-refractivity contribution in [3.63, 3.8) is 0 Å². The number of hydrogen-bond donors (Lipinski definition) is 0. The van der Waals surface area contributed by atoms with Gasteiger partial charge in [0, 0.05) is 6.61 Å². The van der Waals surface area contributed by atoms with Crippen LogP contribution in [0.5, 0.6) is 0 Å². The first-order valence-corrected chi connectivity index (χ1v) is 7.86. The van der Waals surface area contributed by atoms with Crippen LogP contribution in [0.2, 0.25) is 0 Å². The second-order valence-electron chi connectivity index (χ2n) is 5.55. The Balaban J connectivity index is 1.97. The molecule has 0 spiro atoms. The highest BCUT2D eigenvalue weighted by Crippen LogP contribution is 2.21. The standard InChI is InChI=1S/C15H18ClN3O3/c1-9(2)22-15(20)12-4-3-11-14(18-12)19(13(7-16)17-11)8-10-5-6-21-10/h3-4,9-10H,5-8H2,1-2H3/t10-/m0/s1. The minimum absolute atomic E-state index is 0.160. The lowest BCUT2D eigenvalue weighted by Crippen LogP contribution is -2.31. The lowest BCUT2D eigenvalue weighted by atomic mass is 10.2. The van der Waals surface area contributed by atoms with Crippen LogP contribution in [0, 0.1) is 0 Å². The Morgan fingerprint density at radius 1 is 1.50 bits per heavy atom. The third-order valence-corrected chi connectivity index (χ3v) is 3.76. The predicted octanol–water partition coefficient (Wildman–Crippen LogP) is 2.52. The molecule has 3 heterocycles. The number of nitrogens with zero attached hydrogens (tertiary/aromatic N) is 3. The van der Waals surface area contributed by atoms with Gasteiger partial charge in [-0.15, -0.1) is 11.6 Å². The molecule has 0 aromatic carbocycles. The molecule has 1 fully saturated rings. The van der Waals surface area contributed by atoms with E-state index in [-0.39, 0.29) is 23.8 Å². The molecule has 0 amide bonds. The fourth-order valence-corrected chi connectivity index (χ4v) is 2.57. The second-order valence-corrected chi connectivity index (χ2v) is 5.81. The highest BCUT2D eigenvalue weighted by Gasteiger charge is 2.23. The average molecular weight is 324 g/mol. The normalized spacial score (nSPS) is 17.7. The van der Waals surface area contributed by atoms with Gasteiger partial charge in [0.05, 0.1) is 24.6 Å². The number of esters is 1. The molecule has 6 nitrogen and oxygen atoms in total. The Hall–Kier alpha value is -1.66. The van der Waals surface area contributed by atoms with Crippen LogP contribution in [-0.4, -0.2) is 39.3 Å².